The number of nitrogens with zero attached hydrogens (tertiary/aromatic N) is 1. The van der Waals surface area contributed by atoms with Gasteiger partial charge in [0.2, 0.25) is 5.91 Å². The quantitative estimate of drug-likeness (QED) is 0.655. The van der Waals surface area contributed by atoms with Gasteiger partial charge < -0.3 is 4.90 Å². The predicted octanol–water partition coefficient (Wildman–Crippen LogP) is 1.47. The molecule has 1 amide bonds. The van der Waals surface area contributed by atoms with E-state index in [0.29, 0.717) is 11.8 Å². The number of carbonyl (C=O) groups is 2. The van der Waals surface area contributed by atoms with Crippen molar-refractivity contribution in [2.75, 3.05) is 6.54 Å². The molecule has 2 aliphatic rings. The molecule has 1 aliphatic heterocycles. The lowest BCUT2D eigenvalue weighted by Gasteiger charge is -2.25. The summed E-state index contributed by atoms with van der Waals surface area (Å²) in [6.07, 6.45) is 2.29. The van der Waals surface area contributed by atoms with Crippen LogP contribution in [0.2, 0.25) is 0 Å². The summed E-state index contributed by atoms with van der Waals surface area (Å²) in [5.41, 5.74) is 0. The van der Waals surface area contributed by atoms with E-state index in [1.807, 2.05) is 0 Å². The van der Waals surface area contributed by atoms with Crippen molar-refractivity contribution < 1.29 is 9.59 Å². The van der Waals surface area contributed by atoms with Crippen molar-refractivity contribution in [2.24, 2.45) is 17.8 Å². The second-order valence-corrected chi connectivity index (χ2v) is 5.23. The summed E-state index contributed by atoms with van der Waals surface area (Å²) < 4.78 is 0. The van der Waals surface area contributed by atoms with Crippen LogP contribution in [0.1, 0.15) is 33.6 Å². The average Bonchev–Trinajstić information content (AvgIpc) is 2.58. The normalized spacial score (nSPS) is 39.3. The zero-order chi connectivity index (χ0) is 11.2. The molecule has 4 atom stereocenters. The lowest BCUT2D eigenvalue weighted by molar-refractivity contribution is -0.136. The Kier molecular flexibility index (Phi) is 2.57. The Morgan fingerprint density at radius 2 is 1.87 bits per heavy atom. The van der Waals surface area contributed by atoms with Gasteiger partial charge in [-0.15, -0.1) is 0 Å². The maximum absolute atomic E-state index is 11.6. The molecule has 0 bridgehead atoms. The first-order chi connectivity index (χ1) is 7.00. The van der Waals surface area contributed by atoms with E-state index in [0.717, 1.165) is 18.9 Å². The summed E-state index contributed by atoms with van der Waals surface area (Å²) in [6, 6.07) is -0.127. The van der Waals surface area contributed by atoms with Crippen LogP contribution in [0.5, 0.6) is 0 Å². The highest BCUT2D eigenvalue weighted by Gasteiger charge is 2.48. The molecule has 1 aliphatic carbocycles. The molecule has 0 spiro atoms. The van der Waals surface area contributed by atoms with Gasteiger partial charge in [-0.2, -0.15) is 0 Å². The predicted molar refractivity (Wildman–Crippen MR) is 57.2 cm³/mol. The van der Waals surface area contributed by atoms with E-state index < -0.39 is 0 Å². The van der Waals surface area contributed by atoms with Gasteiger partial charge in [0.1, 0.15) is 0 Å². The molecular formula is C12H19NO2. The number of rotatable bonds is 1. The third-order valence-corrected chi connectivity index (χ3v) is 3.98. The average molecular weight is 209 g/mol. The van der Waals surface area contributed by atoms with E-state index in [-0.39, 0.29) is 17.7 Å². The second-order valence-electron chi connectivity index (χ2n) is 5.23. The van der Waals surface area contributed by atoms with Crippen LogP contribution in [0, 0.1) is 17.8 Å². The molecule has 1 unspecified atom stereocenters. The van der Waals surface area contributed by atoms with E-state index in [2.05, 4.69) is 6.92 Å². The van der Waals surface area contributed by atoms with Crippen LogP contribution in [-0.2, 0) is 9.59 Å². The second kappa shape index (κ2) is 3.62. The summed E-state index contributed by atoms with van der Waals surface area (Å²) in [5.74, 6) is 1.93. The lowest BCUT2D eigenvalue weighted by atomic mass is 9.92. The van der Waals surface area contributed by atoms with Crippen molar-refractivity contribution in [3.63, 3.8) is 0 Å². The summed E-state index contributed by atoms with van der Waals surface area (Å²) in [5, 5.41) is 0. The molecule has 3 heteroatoms. The van der Waals surface area contributed by atoms with Crippen molar-refractivity contribution in [1.29, 1.82) is 0 Å². The third-order valence-electron chi connectivity index (χ3n) is 3.98. The van der Waals surface area contributed by atoms with Crippen molar-refractivity contribution in [3.05, 3.63) is 0 Å². The third kappa shape index (κ3) is 1.68. The summed E-state index contributed by atoms with van der Waals surface area (Å²) in [4.78, 5) is 24.8. The molecule has 0 aromatic heterocycles. The van der Waals surface area contributed by atoms with Crippen LogP contribution >= 0.6 is 0 Å². The zero-order valence-corrected chi connectivity index (χ0v) is 9.69. The van der Waals surface area contributed by atoms with E-state index in [4.69, 9.17) is 0 Å². The van der Waals surface area contributed by atoms with E-state index in [9.17, 15) is 9.59 Å². The Morgan fingerprint density at radius 3 is 2.40 bits per heavy atom. The van der Waals surface area contributed by atoms with E-state index in [1.165, 1.54) is 6.42 Å². The van der Waals surface area contributed by atoms with Crippen molar-refractivity contribution in [1.82, 2.24) is 4.90 Å². The Hall–Kier alpha value is -0.860. The number of likely N-dealkylation sites (tertiary alicyclic amines) is 1. The van der Waals surface area contributed by atoms with Gasteiger partial charge in [0.25, 0.3) is 0 Å². The minimum atomic E-state index is -0.127. The van der Waals surface area contributed by atoms with Gasteiger partial charge in [-0.1, -0.05) is 6.92 Å². The topological polar surface area (TPSA) is 37.4 Å². The standard InChI is InChI=1S/C12H19NO2/c1-7-4-10-6-13(9(3)15)12(8(2)14)11(10)5-7/h7,10-12H,4-6H2,1-3H3/t7?,10-,11-,12+/m0/s1. The number of ketones is 1. The van der Waals surface area contributed by atoms with Crippen LogP contribution in [0.4, 0.5) is 0 Å². The molecule has 1 saturated carbocycles. The van der Waals surface area contributed by atoms with Crippen LogP contribution in [-0.4, -0.2) is 29.2 Å². The molecule has 1 heterocycles. The van der Waals surface area contributed by atoms with Gasteiger partial charge in [0.05, 0.1) is 6.04 Å². The van der Waals surface area contributed by atoms with Crippen molar-refractivity contribution in [2.45, 2.75) is 39.7 Å². The lowest BCUT2D eigenvalue weighted by Crippen LogP contribution is -2.41. The van der Waals surface area contributed by atoms with Crippen molar-refractivity contribution >= 4 is 11.7 Å². The highest BCUT2D eigenvalue weighted by Crippen LogP contribution is 2.45. The van der Waals surface area contributed by atoms with E-state index >= 15 is 0 Å². The first-order valence-electron chi connectivity index (χ1n) is 5.78. The first-order valence-corrected chi connectivity index (χ1v) is 5.78. The molecular weight excluding hydrogens is 190 g/mol. The minimum absolute atomic E-state index is 0.0530. The molecule has 0 radical (unpaired) electrons. The summed E-state index contributed by atoms with van der Waals surface area (Å²) in [7, 11) is 0. The van der Waals surface area contributed by atoms with Gasteiger partial charge in [-0.05, 0) is 37.5 Å². The number of fused-ring (bicyclic) bond motifs is 1. The fraction of sp³-hybridized carbons (Fsp3) is 0.833. The Bertz CT molecular complexity index is 300. The molecule has 3 nitrogen and oxygen atoms in total. The largest absolute Gasteiger partial charge is 0.332 e. The first kappa shape index (κ1) is 10.7. The van der Waals surface area contributed by atoms with Gasteiger partial charge >= 0.3 is 0 Å². The smallest absolute Gasteiger partial charge is 0.220 e. The number of hydrogen-bond acceptors (Lipinski definition) is 2. The van der Waals surface area contributed by atoms with Crippen molar-refractivity contribution in [3.8, 4) is 0 Å². The van der Waals surface area contributed by atoms with Crippen LogP contribution in [0.25, 0.3) is 0 Å². The molecule has 2 rings (SSSR count). The number of hydrogen-bond donors (Lipinski definition) is 0. The molecule has 0 aromatic carbocycles. The molecule has 84 valence electrons. The van der Waals surface area contributed by atoms with Gasteiger partial charge in [-0.25, -0.2) is 0 Å². The highest BCUT2D eigenvalue weighted by atomic mass is 16.2. The number of carbonyl (C=O) groups excluding carboxylic acids is 2. The molecule has 15 heavy (non-hydrogen) atoms. The maximum atomic E-state index is 11.6. The summed E-state index contributed by atoms with van der Waals surface area (Å²) in [6.45, 7) is 6.23. The van der Waals surface area contributed by atoms with Crippen LogP contribution in [0.15, 0.2) is 0 Å². The van der Waals surface area contributed by atoms with Crippen LogP contribution in [0.3, 0.4) is 0 Å². The SMILES string of the molecule is CC(=O)[C@@H]1[C@H]2CC(C)C[C@H]2CN1C(C)=O. The Morgan fingerprint density at radius 1 is 1.20 bits per heavy atom. The van der Waals surface area contributed by atoms with Gasteiger partial charge in [-0.3, -0.25) is 9.59 Å². The molecule has 0 aromatic rings. The zero-order valence-electron chi connectivity index (χ0n) is 9.69. The van der Waals surface area contributed by atoms with Crippen LogP contribution < -0.4 is 0 Å². The van der Waals surface area contributed by atoms with Gasteiger partial charge in [0.15, 0.2) is 5.78 Å². The minimum Gasteiger partial charge on any atom is -0.332 e. The van der Waals surface area contributed by atoms with Gasteiger partial charge in [0, 0.05) is 13.5 Å². The fourth-order valence-corrected chi connectivity index (χ4v) is 3.48. The molecule has 2 fully saturated rings. The molecule has 0 N–H and O–H groups in total. The molecule has 1 saturated heterocycles. The summed E-state index contributed by atoms with van der Waals surface area (Å²) >= 11 is 0. The monoisotopic (exact) mass is 209 g/mol. The maximum Gasteiger partial charge on any atom is 0.220 e. The Balaban J connectivity index is 2.21. The number of amides is 1. The Labute approximate surface area is 90.8 Å². The number of Topliss-reactive ketones (excluding diaryl/α,β-unsaturated/α-hetero) is 1. The highest BCUT2D eigenvalue weighted by molar-refractivity contribution is 5.87. The van der Waals surface area contributed by atoms with E-state index in [1.54, 1.807) is 18.7 Å². The fourth-order valence-electron chi connectivity index (χ4n) is 3.48.